The molecule has 0 aliphatic heterocycles. The van der Waals surface area contributed by atoms with Gasteiger partial charge in [-0.05, 0) is 55.7 Å². The van der Waals surface area contributed by atoms with Gasteiger partial charge in [-0.15, -0.1) is 0 Å². The summed E-state index contributed by atoms with van der Waals surface area (Å²) in [5.41, 5.74) is 3.89. The van der Waals surface area contributed by atoms with E-state index in [0.29, 0.717) is 29.0 Å². The van der Waals surface area contributed by atoms with Gasteiger partial charge in [0.1, 0.15) is 0 Å². The Bertz CT molecular complexity index is 1150. The van der Waals surface area contributed by atoms with E-state index in [-0.39, 0.29) is 23.6 Å². The van der Waals surface area contributed by atoms with Crippen LogP contribution < -0.4 is 16.0 Å². The molecule has 0 atom stereocenters. The number of aryl methyl sites for hydroxylation is 1. The van der Waals surface area contributed by atoms with Crippen molar-refractivity contribution in [3.8, 4) is 0 Å². The minimum absolute atomic E-state index is 0.0573. The van der Waals surface area contributed by atoms with Crippen LogP contribution in [0.4, 0.5) is 11.4 Å². The van der Waals surface area contributed by atoms with Crippen molar-refractivity contribution in [1.82, 2.24) is 5.32 Å². The fourth-order valence-corrected chi connectivity index (χ4v) is 3.61. The highest BCUT2D eigenvalue weighted by Crippen LogP contribution is 2.19. The Morgan fingerprint density at radius 2 is 1.50 bits per heavy atom. The Hall–Kier alpha value is -3.93. The second-order valence-electron chi connectivity index (χ2n) is 8.25. The normalized spacial score (nSPS) is 10.6. The highest BCUT2D eigenvalue weighted by Gasteiger charge is 2.16. The smallest absolute Gasteiger partial charge is 0.255 e. The maximum Gasteiger partial charge on any atom is 0.255 e. The minimum Gasteiger partial charge on any atom is -0.348 e. The van der Waals surface area contributed by atoms with Gasteiger partial charge in [-0.1, -0.05) is 61.9 Å². The van der Waals surface area contributed by atoms with Crippen LogP contribution in [0.3, 0.4) is 0 Å². The van der Waals surface area contributed by atoms with E-state index in [1.54, 1.807) is 48.5 Å². The van der Waals surface area contributed by atoms with E-state index < -0.39 is 0 Å². The van der Waals surface area contributed by atoms with Gasteiger partial charge in [-0.25, -0.2) is 0 Å². The molecule has 0 fully saturated rings. The van der Waals surface area contributed by atoms with Crippen molar-refractivity contribution in [3.05, 3.63) is 95.1 Å². The fourth-order valence-electron chi connectivity index (χ4n) is 3.61. The van der Waals surface area contributed by atoms with Crippen LogP contribution in [-0.4, -0.2) is 17.7 Å². The summed E-state index contributed by atoms with van der Waals surface area (Å²) in [4.78, 5) is 38.1. The van der Waals surface area contributed by atoms with E-state index >= 15 is 0 Å². The average Bonchev–Trinajstić information content (AvgIpc) is 2.84. The van der Waals surface area contributed by atoms with Crippen molar-refractivity contribution in [2.75, 3.05) is 10.6 Å². The Labute approximate surface area is 200 Å². The zero-order valence-electron chi connectivity index (χ0n) is 19.9. The largest absolute Gasteiger partial charge is 0.348 e. The summed E-state index contributed by atoms with van der Waals surface area (Å²) in [5.74, 6) is -0.763. The van der Waals surface area contributed by atoms with Gasteiger partial charge in [0.25, 0.3) is 11.8 Å². The van der Waals surface area contributed by atoms with Crippen LogP contribution in [0.2, 0.25) is 0 Å². The van der Waals surface area contributed by atoms with Crippen molar-refractivity contribution >= 4 is 29.1 Å². The van der Waals surface area contributed by atoms with Crippen molar-refractivity contribution in [2.45, 2.75) is 40.2 Å². The molecule has 0 aliphatic rings. The number of carbonyl (C=O) groups is 3. The van der Waals surface area contributed by atoms with Gasteiger partial charge in [0.05, 0.1) is 11.3 Å². The number of hydrogen-bond acceptors (Lipinski definition) is 3. The Morgan fingerprint density at radius 3 is 2.21 bits per heavy atom. The van der Waals surface area contributed by atoms with Crippen LogP contribution in [0.25, 0.3) is 0 Å². The molecule has 3 rings (SSSR count). The highest BCUT2D eigenvalue weighted by molar-refractivity contribution is 6.09. The number of para-hydroxylation sites is 1. The molecule has 3 N–H and O–H groups in total. The number of rotatable bonds is 9. The standard InChI is InChI=1S/C28H31N3O3/c1-4-21(5-2)26(32)30-23-10-8-9-22(17-23)27(33)31-25-12-7-6-11-24(25)28(34)29-18-20-15-13-19(3)14-16-20/h6-17,21H,4-5,18H2,1-3H3,(H,29,34)(H,30,32)(H,31,33). The average molecular weight is 458 g/mol. The van der Waals surface area contributed by atoms with E-state index in [9.17, 15) is 14.4 Å². The van der Waals surface area contributed by atoms with E-state index in [2.05, 4.69) is 16.0 Å². The maximum absolute atomic E-state index is 12.9. The quantitative estimate of drug-likeness (QED) is 0.394. The Kier molecular flexibility index (Phi) is 8.57. The van der Waals surface area contributed by atoms with Crippen LogP contribution in [0, 0.1) is 12.8 Å². The first-order valence-electron chi connectivity index (χ1n) is 11.6. The van der Waals surface area contributed by atoms with E-state index in [4.69, 9.17) is 0 Å². The van der Waals surface area contributed by atoms with Gasteiger partial charge in [0.15, 0.2) is 0 Å². The molecule has 0 saturated carbocycles. The number of anilines is 2. The van der Waals surface area contributed by atoms with Crippen LogP contribution in [0.5, 0.6) is 0 Å². The molecule has 34 heavy (non-hydrogen) atoms. The zero-order chi connectivity index (χ0) is 24.5. The first-order valence-corrected chi connectivity index (χ1v) is 11.6. The van der Waals surface area contributed by atoms with Crippen LogP contribution in [-0.2, 0) is 11.3 Å². The predicted octanol–water partition coefficient (Wildman–Crippen LogP) is 5.55. The minimum atomic E-state index is -0.364. The SMILES string of the molecule is CCC(CC)C(=O)Nc1cccc(C(=O)Nc2ccccc2C(=O)NCc2ccc(C)cc2)c1. The van der Waals surface area contributed by atoms with E-state index in [0.717, 1.165) is 24.0 Å². The van der Waals surface area contributed by atoms with Gasteiger partial charge in [-0.3, -0.25) is 14.4 Å². The van der Waals surface area contributed by atoms with E-state index in [1.807, 2.05) is 45.0 Å². The van der Waals surface area contributed by atoms with Gasteiger partial charge in [0, 0.05) is 23.7 Å². The molecule has 3 aromatic carbocycles. The summed E-state index contributed by atoms with van der Waals surface area (Å²) in [7, 11) is 0. The summed E-state index contributed by atoms with van der Waals surface area (Å²) in [5, 5.41) is 8.61. The number of carbonyl (C=O) groups excluding carboxylic acids is 3. The van der Waals surface area contributed by atoms with Gasteiger partial charge >= 0.3 is 0 Å². The molecule has 6 nitrogen and oxygen atoms in total. The fraction of sp³-hybridized carbons (Fsp3) is 0.250. The Morgan fingerprint density at radius 1 is 0.794 bits per heavy atom. The zero-order valence-corrected chi connectivity index (χ0v) is 19.9. The third-order valence-corrected chi connectivity index (χ3v) is 5.74. The summed E-state index contributed by atoms with van der Waals surface area (Å²) in [6.45, 7) is 6.36. The number of hydrogen-bond donors (Lipinski definition) is 3. The van der Waals surface area contributed by atoms with E-state index in [1.165, 1.54) is 0 Å². The molecule has 0 heterocycles. The van der Waals surface area contributed by atoms with Crippen molar-refractivity contribution in [2.24, 2.45) is 5.92 Å². The molecular formula is C28H31N3O3. The van der Waals surface area contributed by atoms with Crippen molar-refractivity contribution in [1.29, 1.82) is 0 Å². The highest BCUT2D eigenvalue weighted by atomic mass is 16.2. The Balaban J connectivity index is 1.69. The summed E-state index contributed by atoms with van der Waals surface area (Å²) < 4.78 is 0. The molecule has 0 spiro atoms. The van der Waals surface area contributed by atoms with Crippen molar-refractivity contribution < 1.29 is 14.4 Å². The lowest BCUT2D eigenvalue weighted by atomic mass is 10.0. The first kappa shape index (κ1) is 24.7. The van der Waals surface area contributed by atoms with Crippen LogP contribution >= 0.6 is 0 Å². The van der Waals surface area contributed by atoms with Crippen LogP contribution in [0.15, 0.2) is 72.8 Å². The van der Waals surface area contributed by atoms with Crippen LogP contribution in [0.1, 0.15) is 58.5 Å². The topological polar surface area (TPSA) is 87.3 Å². The molecule has 3 aromatic rings. The molecule has 176 valence electrons. The molecule has 0 radical (unpaired) electrons. The molecule has 0 aliphatic carbocycles. The molecule has 3 amide bonds. The van der Waals surface area contributed by atoms with Gasteiger partial charge in [0.2, 0.25) is 5.91 Å². The first-order chi connectivity index (χ1) is 16.4. The molecule has 0 saturated heterocycles. The predicted molar refractivity (Wildman–Crippen MR) is 136 cm³/mol. The molecule has 6 heteroatoms. The summed E-state index contributed by atoms with van der Waals surface area (Å²) >= 11 is 0. The second-order valence-corrected chi connectivity index (χ2v) is 8.25. The monoisotopic (exact) mass is 457 g/mol. The van der Waals surface area contributed by atoms with Gasteiger partial charge < -0.3 is 16.0 Å². The molecule has 0 unspecified atom stereocenters. The second kappa shape index (κ2) is 11.8. The van der Waals surface area contributed by atoms with Gasteiger partial charge in [-0.2, -0.15) is 0 Å². The lowest BCUT2D eigenvalue weighted by molar-refractivity contribution is -0.120. The third-order valence-electron chi connectivity index (χ3n) is 5.74. The number of amides is 3. The lowest BCUT2D eigenvalue weighted by Crippen LogP contribution is -2.25. The van der Waals surface area contributed by atoms with Crippen molar-refractivity contribution in [3.63, 3.8) is 0 Å². The molecular weight excluding hydrogens is 426 g/mol. The number of nitrogens with one attached hydrogen (secondary N) is 3. The number of benzene rings is 3. The molecule has 0 aromatic heterocycles. The molecule has 0 bridgehead atoms. The summed E-state index contributed by atoms with van der Waals surface area (Å²) in [6.07, 6.45) is 1.51. The lowest BCUT2D eigenvalue weighted by Gasteiger charge is -2.14. The summed E-state index contributed by atoms with van der Waals surface area (Å²) in [6, 6.07) is 21.6. The third kappa shape index (κ3) is 6.54. The maximum atomic E-state index is 12.9.